The summed E-state index contributed by atoms with van der Waals surface area (Å²) in [5.41, 5.74) is 1.16. The minimum absolute atomic E-state index is 0.868. The van der Waals surface area contributed by atoms with E-state index in [4.69, 9.17) is 4.74 Å². The number of morpholine rings is 1. The molecule has 0 saturated carbocycles. The maximum absolute atomic E-state index is 5.30. The average Bonchev–Trinajstić information content (AvgIpc) is 2.88. The monoisotopic (exact) mass is 233 g/mol. The molecule has 1 aromatic heterocycles. The van der Waals surface area contributed by atoms with Crippen LogP contribution in [0.5, 0.6) is 0 Å². The van der Waals surface area contributed by atoms with Crippen LogP contribution in [0.4, 0.5) is 0 Å². The average molecular weight is 233 g/mol. The van der Waals surface area contributed by atoms with Crippen molar-refractivity contribution in [3.05, 3.63) is 18.2 Å². The van der Waals surface area contributed by atoms with Crippen molar-refractivity contribution in [2.45, 2.75) is 19.3 Å². The number of hydrogen-bond donors (Lipinski definition) is 1. The molecule has 2 rings (SSSR count). The summed E-state index contributed by atoms with van der Waals surface area (Å²) in [4.78, 5) is 9.46. The molecule has 0 radical (unpaired) electrons. The van der Waals surface area contributed by atoms with Crippen LogP contribution in [-0.4, -0.2) is 47.7 Å². The number of H-pyrrole nitrogens is 1. The Balaban J connectivity index is 1.55. The second-order valence-corrected chi connectivity index (χ2v) is 4.13. The van der Waals surface area contributed by atoms with Gasteiger partial charge in [-0.3, -0.25) is 4.90 Å². The van der Waals surface area contributed by atoms with Gasteiger partial charge in [-0.25, -0.2) is 4.98 Å². The van der Waals surface area contributed by atoms with Crippen molar-refractivity contribution in [2.75, 3.05) is 32.8 Å². The van der Waals surface area contributed by atoms with Crippen molar-refractivity contribution in [3.8, 4) is 11.8 Å². The van der Waals surface area contributed by atoms with Gasteiger partial charge in [0.1, 0.15) is 0 Å². The zero-order valence-electron chi connectivity index (χ0n) is 10.1. The third kappa shape index (κ3) is 4.59. The summed E-state index contributed by atoms with van der Waals surface area (Å²) < 4.78 is 5.30. The van der Waals surface area contributed by atoms with Crippen LogP contribution in [0.3, 0.4) is 0 Å². The Labute approximate surface area is 102 Å². The number of hydrogen-bond acceptors (Lipinski definition) is 3. The SMILES string of the molecule is C(#CCCN1CCOCC1)CCc1cnc[nH]1. The van der Waals surface area contributed by atoms with Crippen LogP contribution in [-0.2, 0) is 11.2 Å². The zero-order valence-corrected chi connectivity index (χ0v) is 10.1. The Kier molecular flexibility index (Phi) is 5.08. The van der Waals surface area contributed by atoms with E-state index in [-0.39, 0.29) is 0 Å². The zero-order chi connectivity index (χ0) is 11.8. The molecule has 0 aliphatic carbocycles. The van der Waals surface area contributed by atoms with E-state index in [0.29, 0.717) is 0 Å². The quantitative estimate of drug-likeness (QED) is 0.791. The Morgan fingerprint density at radius 2 is 2.12 bits per heavy atom. The fourth-order valence-corrected chi connectivity index (χ4v) is 1.83. The van der Waals surface area contributed by atoms with Gasteiger partial charge in [0.05, 0.1) is 19.5 Å². The van der Waals surface area contributed by atoms with Crippen molar-refractivity contribution >= 4 is 0 Å². The molecule has 0 atom stereocenters. The molecule has 0 spiro atoms. The van der Waals surface area contributed by atoms with Gasteiger partial charge in [0.15, 0.2) is 0 Å². The number of aromatic nitrogens is 2. The largest absolute Gasteiger partial charge is 0.379 e. The van der Waals surface area contributed by atoms with E-state index in [1.165, 1.54) is 0 Å². The van der Waals surface area contributed by atoms with Gasteiger partial charge in [0.25, 0.3) is 0 Å². The molecule has 2 heterocycles. The van der Waals surface area contributed by atoms with Crippen LogP contribution in [0.1, 0.15) is 18.5 Å². The van der Waals surface area contributed by atoms with Crippen molar-refractivity contribution in [2.24, 2.45) is 0 Å². The maximum Gasteiger partial charge on any atom is 0.0921 e. The number of rotatable bonds is 4. The van der Waals surface area contributed by atoms with Crippen molar-refractivity contribution < 1.29 is 4.74 Å². The summed E-state index contributed by atoms with van der Waals surface area (Å²) in [7, 11) is 0. The van der Waals surface area contributed by atoms with E-state index in [1.54, 1.807) is 6.33 Å². The standard InChI is InChI=1S/C13H19N3O/c1(3-5-13-11-14-12-15-13)2-4-6-16-7-9-17-10-8-16/h11-12H,3-10H2,(H,14,15). The number of aryl methyl sites for hydroxylation is 1. The van der Waals surface area contributed by atoms with E-state index in [9.17, 15) is 0 Å². The highest BCUT2D eigenvalue weighted by atomic mass is 16.5. The number of imidazole rings is 1. The summed E-state index contributed by atoms with van der Waals surface area (Å²) in [5, 5.41) is 0. The Morgan fingerprint density at radius 3 is 2.88 bits per heavy atom. The molecule has 1 saturated heterocycles. The van der Waals surface area contributed by atoms with Gasteiger partial charge in [-0.15, -0.1) is 11.8 Å². The first-order valence-corrected chi connectivity index (χ1v) is 6.18. The van der Waals surface area contributed by atoms with Gasteiger partial charge in [0, 0.05) is 44.4 Å². The summed E-state index contributed by atoms with van der Waals surface area (Å²) in [6, 6.07) is 0. The first-order chi connectivity index (χ1) is 8.45. The highest BCUT2D eigenvalue weighted by molar-refractivity contribution is 5.04. The second kappa shape index (κ2) is 7.10. The summed E-state index contributed by atoms with van der Waals surface area (Å²) in [6.07, 6.45) is 6.40. The predicted molar refractivity (Wildman–Crippen MR) is 66.6 cm³/mol. The van der Waals surface area contributed by atoms with Gasteiger partial charge in [-0.1, -0.05) is 0 Å². The Bertz CT molecular complexity index is 358. The molecule has 4 heteroatoms. The van der Waals surface area contributed by atoms with E-state index in [1.807, 2.05) is 6.20 Å². The topological polar surface area (TPSA) is 41.1 Å². The highest BCUT2D eigenvalue weighted by Crippen LogP contribution is 1.98. The summed E-state index contributed by atoms with van der Waals surface area (Å²) in [5.74, 6) is 6.44. The third-order valence-electron chi connectivity index (χ3n) is 2.86. The third-order valence-corrected chi connectivity index (χ3v) is 2.86. The molecule has 1 N–H and O–H groups in total. The molecule has 1 aliphatic heterocycles. The smallest absolute Gasteiger partial charge is 0.0921 e. The maximum atomic E-state index is 5.30. The van der Waals surface area contributed by atoms with Crippen LogP contribution in [0, 0.1) is 11.8 Å². The molecule has 1 fully saturated rings. The fourth-order valence-electron chi connectivity index (χ4n) is 1.83. The van der Waals surface area contributed by atoms with Gasteiger partial charge >= 0.3 is 0 Å². The molecular formula is C13H19N3O. The molecule has 0 amide bonds. The summed E-state index contributed by atoms with van der Waals surface area (Å²) >= 11 is 0. The van der Waals surface area contributed by atoms with Gasteiger partial charge < -0.3 is 9.72 Å². The van der Waals surface area contributed by atoms with Crippen LogP contribution < -0.4 is 0 Å². The normalized spacial score (nSPS) is 16.5. The molecule has 92 valence electrons. The summed E-state index contributed by atoms with van der Waals surface area (Å²) in [6.45, 7) is 4.91. The van der Waals surface area contributed by atoms with E-state index < -0.39 is 0 Å². The molecule has 0 aromatic carbocycles. The fraction of sp³-hybridized carbons (Fsp3) is 0.615. The molecule has 1 aliphatic rings. The van der Waals surface area contributed by atoms with Crippen LogP contribution in [0.25, 0.3) is 0 Å². The predicted octanol–water partition coefficient (Wildman–Crippen LogP) is 1.07. The number of nitrogens with one attached hydrogen (secondary N) is 1. The number of nitrogens with zero attached hydrogens (tertiary/aromatic N) is 2. The van der Waals surface area contributed by atoms with Crippen molar-refractivity contribution in [3.63, 3.8) is 0 Å². The van der Waals surface area contributed by atoms with Crippen LogP contribution >= 0.6 is 0 Å². The van der Waals surface area contributed by atoms with Crippen LogP contribution in [0.2, 0.25) is 0 Å². The van der Waals surface area contributed by atoms with Gasteiger partial charge in [-0.2, -0.15) is 0 Å². The Hall–Kier alpha value is -1.31. The Morgan fingerprint density at radius 1 is 1.29 bits per heavy atom. The lowest BCUT2D eigenvalue weighted by Gasteiger charge is -2.25. The number of ether oxygens (including phenoxy) is 1. The first kappa shape index (κ1) is 12.2. The first-order valence-electron chi connectivity index (χ1n) is 6.18. The molecule has 0 bridgehead atoms. The van der Waals surface area contributed by atoms with Gasteiger partial charge in [-0.05, 0) is 6.42 Å². The van der Waals surface area contributed by atoms with E-state index in [0.717, 1.165) is 57.8 Å². The molecule has 17 heavy (non-hydrogen) atoms. The molecule has 4 nitrogen and oxygen atoms in total. The lowest BCUT2D eigenvalue weighted by atomic mass is 10.2. The molecule has 1 aromatic rings. The van der Waals surface area contributed by atoms with E-state index in [2.05, 4.69) is 26.7 Å². The number of aromatic amines is 1. The minimum atomic E-state index is 0.868. The van der Waals surface area contributed by atoms with Crippen molar-refractivity contribution in [1.82, 2.24) is 14.9 Å². The van der Waals surface area contributed by atoms with Crippen LogP contribution in [0.15, 0.2) is 12.5 Å². The molecule has 0 unspecified atom stereocenters. The lowest BCUT2D eigenvalue weighted by molar-refractivity contribution is 0.0390. The highest BCUT2D eigenvalue weighted by Gasteiger charge is 2.08. The second-order valence-electron chi connectivity index (χ2n) is 4.13. The minimum Gasteiger partial charge on any atom is -0.379 e. The van der Waals surface area contributed by atoms with Gasteiger partial charge in [0.2, 0.25) is 0 Å². The van der Waals surface area contributed by atoms with E-state index >= 15 is 0 Å². The lowest BCUT2D eigenvalue weighted by Crippen LogP contribution is -2.36. The van der Waals surface area contributed by atoms with Crippen molar-refractivity contribution in [1.29, 1.82) is 0 Å². The molecular weight excluding hydrogens is 214 g/mol.